The van der Waals surface area contributed by atoms with Gasteiger partial charge >= 0.3 is 0 Å². The molecule has 1 aliphatic heterocycles. The number of rotatable bonds is 5. The molecule has 1 aliphatic rings. The van der Waals surface area contributed by atoms with Gasteiger partial charge in [-0.25, -0.2) is 9.97 Å². The third-order valence-electron chi connectivity index (χ3n) is 12.5. The van der Waals surface area contributed by atoms with E-state index in [0.29, 0.717) is 5.95 Å². The molecule has 0 aliphatic carbocycles. The molecule has 3 aromatic heterocycles. The zero-order valence-corrected chi connectivity index (χ0v) is 32.9. The molecule has 0 bridgehead atoms. The van der Waals surface area contributed by atoms with E-state index in [9.17, 15) is 0 Å². The van der Waals surface area contributed by atoms with Crippen LogP contribution in [0, 0.1) is 0 Å². The average molecular weight is 778 g/mol. The first-order valence-electron chi connectivity index (χ1n) is 20.8. The van der Waals surface area contributed by atoms with Crippen LogP contribution in [0.2, 0.25) is 0 Å². The number of para-hydroxylation sites is 4. The number of hydrogen-bond donors (Lipinski definition) is 0. The average Bonchev–Trinajstić information content (AvgIpc) is 3.84. The fraction of sp³-hybridized carbons (Fsp3) is 0. The van der Waals surface area contributed by atoms with Gasteiger partial charge in [0.2, 0.25) is 5.95 Å². The van der Waals surface area contributed by atoms with Gasteiger partial charge in [-0.05, 0) is 101 Å². The van der Waals surface area contributed by atoms with Crippen molar-refractivity contribution in [3.63, 3.8) is 0 Å². The maximum Gasteiger partial charge on any atom is 0.235 e. The molecule has 9 aromatic carbocycles. The Balaban J connectivity index is 0.958. The molecule has 13 rings (SSSR count). The molecule has 5 nitrogen and oxygen atoms in total. The Bertz CT molecular complexity index is 3700. The van der Waals surface area contributed by atoms with Gasteiger partial charge < -0.3 is 9.47 Å². The first-order chi connectivity index (χ1) is 30.3. The smallest absolute Gasteiger partial charge is 0.235 e. The number of hydrogen-bond acceptors (Lipinski definition) is 3. The van der Waals surface area contributed by atoms with Crippen molar-refractivity contribution in [3.8, 4) is 45.1 Å². The molecule has 0 amide bonds. The molecule has 0 atom stereocenters. The van der Waals surface area contributed by atoms with Crippen molar-refractivity contribution in [1.82, 2.24) is 19.1 Å². The van der Waals surface area contributed by atoms with E-state index in [1.54, 1.807) is 0 Å². The lowest BCUT2D eigenvalue weighted by Crippen LogP contribution is -2.16. The third-order valence-corrected chi connectivity index (χ3v) is 12.5. The van der Waals surface area contributed by atoms with Gasteiger partial charge in [-0.3, -0.25) is 4.57 Å². The lowest BCUT2D eigenvalue weighted by atomic mass is 9.96. The second-order valence-corrected chi connectivity index (χ2v) is 15.8. The Labute approximate surface area is 351 Å². The molecular weight excluding hydrogens is 743 g/mol. The van der Waals surface area contributed by atoms with Gasteiger partial charge in [-0.2, -0.15) is 0 Å². The van der Waals surface area contributed by atoms with E-state index in [-0.39, 0.29) is 0 Å². The number of benzene rings is 9. The summed E-state index contributed by atoms with van der Waals surface area (Å²) in [6, 6.07) is 76.1. The monoisotopic (exact) mass is 777 g/mol. The van der Waals surface area contributed by atoms with Crippen molar-refractivity contribution in [1.29, 1.82) is 0 Å². The third kappa shape index (κ3) is 5.08. The SMILES string of the molecule is c1ccc(-c2ccc(-n3c4ccccc4c4cc(-c5ccc6c(c5)c5ccccc5n6-c5nc6c7c(cccc7n5)N(c5ccccc5)c5ccccc5-6)ccc43)cc2)cc1. The second kappa shape index (κ2) is 13.1. The summed E-state index contributed by atoms with van der Waals surface area (Å²) < 4.78 is 4.63. The Morgan fingerprint density at radius 1 is 0.328 bits per heavy atom. The summed E-state index contributed by atoms with van der Waals surface area (Å²) >= 11 is 0. The van der Waals surface area contributed by atoms with Gasteiger partial charge in [0.05, 0.1) is 50.0 Å². The predicted octanol–water partition coefficient (Wildman–Crippen LogP) is 14.6. The summed E-state index contributed by atoms with van der Waals surface area (Å²) in [4.78, 5) is 13.1. The maximum atomic E-state index is 5.46. The number of fused-ring (bicyclic) bond motifs is 8. The topological polar surface area (TPSA) is 38.9 Å². The van der Waals surface area contributed by atoms with E-state index < -0.39 is 0 Å². The first-order valence-corrected chi connectivity index (χ1v) is 20.8. The van der Waals surface area contributed by atoms with E-state index in [4.69, 9.17) is 9.97 Å². The molecule has 0 saturated carbocycles. The summed E-state index contributed by atoms with van der Waals surface area (Å²) in [5, 5.41) is 5.84. The first kappa shape index (κ1) is 33.7. The van der Waals surface area contributed by atoms with Gasteiger partial charge in [-0.1, -0.05) is 133 Å². The summed E-state index contributed by atoms with van der Waals surface area (Å²) in [5.41, 5.74) is 16.7. The Morgan fingerprint density at radius 3 is 1.59 bits per heavy atom. The molecule has 4 heterocycles. The molecule has 0 fully saturated rings. The van der Waals surface area contributed by atoms with Gasteiger partial charge in [0, 0.05) is 38.5 Å². The van der Waals surface area contributed by atoms with E-state index >= 15 is 0 Å². The maximum absolute atomic E-state index is 5.46. The van der Waals surface area contributed by atoms with Crippen molar-refractivity contribution < 1.29 is 0 Å². The molecule has 0 unspecified atom stereocenters. The lowest BCUT2D eigenvalue weighted by Gasteiger charge is -2.32. The Morgan fingerprint density at radius 2 is 0.869 bits per heavy atom. The standard InChI is InChI=1S/C56H35N5/c1-3-14-36(15-4-1)37-26-30-41(31-27-37)59-48-22-10-7-18-42(48)45-34-38(28-32-51(45)59)39-29-33-52-46(35-39)43-19-8-11-23-49(43)61(52)56-57-47-21-13-25-53-54(47)55(58-56)44-20-9-12-24-50(44)60(53)40-16-5-2-6-17-40/h1-35H. The normalized spacial score (nSPS) is 12.2. The lowest BCUT2D eigenvalue weighted by molar-refractivity contribution is 1.01. The molecule has 12 aromatic rings. The highest BCUT2D eigenvalue weighted by Crippen LogP contribution is 2.50. The molecular formula is C56H35N5. The van der Waals surface area contributed by atoms with E-state index in [2.05, 4.69) is 226 Å². The highest BCUT2D eigenvalue weighted by Gasteiger charge is 2.28. The molecule has 5 heteroatoms. The molecule has 284 valence electrons. The summed E-state index contributed by atoms with van der Waals surface area (Å²) in [5.74, 6) is 0.660. The van der Waals surface area contributed by atoms with Crippen LogP contribution in [0.15, 0.2) is 212 Å². The van der Waals surface area contributed by atoms with Crippen molar-refractivity contribution in [3.05, 3.63) is 212 Å². The second-order valence-electron chi connectivity index (χ2n) is 15.8. The van der Waals surface area contributed by atoms with Crippen LogP contribution in [0.1, 0.15) is 0 Å². The number of aromatic nitrogens is 4. The summed E-state index contributed by atoms with van der Waals surface area (Å²) in [6.45, 7) is 0. The van der Waals surface area contributed by atoms with Gasteiger partial charge in [0.25, 0.3) is 0 Å². The molecule has 0 saturated heterocycles. The predicted molar refractivity (Wildman–Crippen MR) is 253 cm³/mol. The van der Waals surface area contributed by atoms with Crippen molar-refractivity contribution in [2.45, 2.75) is 0 Å². The van der Waals surface area contributed by atoms with E-state index in [0.717, 1.165) is 72.3 Å². The minimum atomic E-state index is 0.660. The van der Waals surface area contributed by atoms with Gasteiger partial charge in [0.15, 0.2) is 0 Å². The molecule has 0 spiro atoms. The van der Waals surface area contributed by atoms with Crippen LogP contribution in [-0.2, 0) is 0 Å². The van der Waals surface area contributed by atoms with Crippen LogP contribution >= 0.6 is 0 Å². The minimum Gasteiger partial charge on any atom is -0.309 e. The van der Waals surface area contributed by atoms with Gasteiger partial charge in [0.1, 0.15) is 0 Å². The van der Waals surface area contributed by atoms with Crippen molar-refractivity contribution in [2.24, 2.45) is 0 Å². The summed E-state index contributed by atoms with van der Waals surface area (Å²) in [7, 11) is 0. The fourth-order valence-electron chi connectivity index (χ4n) is 9.72. The Hall–Kier alpha value is -8.28. The highest BCUT2D eigenvalue weighted by atomic mass is 15.2. The Kier molecular flexibility index (Phi) is 7.24. The largest absolute Gasteiger partial charge is 0.309 e. The van der Waals surface area contributed by atoms with Crippen LogP contribution in [0.5, 0.6) is 0 Å². The fourth-order valence-corrected chi connectivity index (χ4v) is 9.72. The van der Waals surface area contributed by atoms with E-state index in [1.165, 1.54) is 38.5 Å². The van der Waals surface area contributed by atoms with Crippen LogP contribution < -0.4 is 4.90 Å². The quantitative estimate of drug-likeness (QED) is 0.175. The zero-order chi connectivity index (χ0) is 40.0. The van der Waals surface area contributed by atoms with E-state index in [1.807, 2.05) is 0 Å². The van der Waals surface area contributed by atoms with Crippen molar-refractivity contribution in [2.75, 3.05) is 4.90 Å². The van der Waals surface area contributed by atoms with Crippen LogP contribution in [0.4, 0.5) is 17.1 Å². The highest BCUT2D eigenvalue weighted by molar-refractivity contribution is 6.14. The minimum absolute atomic E-state index is 0.660. The molecule has 0 radical (unpaired) electrons. The molecule has 61 heavy (non-hydrogen) atoms. The van der Waals surface area contributed by atoms with Crippen LogP contribution in [0.25, 0.3) is 99.7 Å². The zero-order valence-electron chi connectivity index (χ0n) is 32.9. The number of nitrogens with zero attached hydrogens (tertiary/aromatic N) is 5. The molecule has 0 N–H and O–H groups in total. The summed E-state index contributed by atoms with van der Waals surface area (Å²) in [6.07, 6.45) is 0. The van der Waals surface area contributed by atoms with Gasteiger partial charge in [-0.15, -0.1) is 0 Å². The van der Waals surface area contributed by atoms with Crippen molar-refractivity contribution >= 4 is 71.6 Å². The van der Waals surface area contributed by atoms with Crippen LogP contribution in [0.3, 0.4) is 0 Å². The van der Waals surface area contributed by atoms with Crippen LogP contribution in [-0.4, -0.2) is 19.1 Å². The number of anilines is 3.